The Balaban J connectivity index is 1.39. The van der Waals surface area contributed by atoms with Gasteiger partial charge in [-0.2, -0.15) is 4.31 Å². The Morgan fingerprint density at radius 1 is 1.16 bits per heavy atom. The van der Waals surface area contributed by atoms with Gasteiger partial charge in [-0.05, 0) is 62.8 Å². The van der Waals surface area contributed by atoms with E-state index in [2.05, 4.69) is 4.90 Å². The number of piperazine rings is 1. The number of halogens is 1. The summed E-state index contributed by atoms with van der Waals surface area (Å²) in [6.45, 7) is 6.46. The van der Waals surface area contributed by atoms with E-state index in [4.69, 9.17) is 21.1 Å². The van der Waals surface area contributed by atoms with Crippen molar-refractivity contribution in [2.75, 3.05) is 39.5 Å². The molecular weight excluding hydrogens is 530 g/mol. The lowest BCUT2D eigenvalue weighted by molar-refractivity contribution is -0.0793. The molecule has 0 spiro atoms. The van der Waals surface area contributed by atoms with Crippen molar-refractivity contribution >= 4 is 27.7 Å². The number of sulfonamides is 1. The van der Waals surface area contributed by atoms with E-state index in [1.165, 1.54) is 0 Å². The molecule has 2 saturated carbocycles. The first-order chi connectivity index (χ1) is 18.2. The molecule has 2 aliphatic heterocycles. The minimum Gasteiger partial charge on any atom is -0.441 e. The molecule has 1 amide bonds. The average Bonchev–Trinajstić information content (AvgIpc) is 3.83. The summed E-state index contributed by atoms with van der Waals surface area (Å²) in [7, 11) is -3.88. The van der Waals surface area contributed by atoms with Gasteiger partial charge in [0.2, 0.25) is 10.0 Å². The van der Waals surface area contributed by atoms with Crippen LogP contribution in [0.4, 0.5) is 4.79 Å². The van der Waals surface area contributed by atoms with Gasteiger partial charge in [0.1, 0.15) is 5.60 Å². The lowest BCUT2D eigenvalue weighted by atomic mass is 10.0. The first-order valence-electron chi connectivity index (χ1n) is 13.9. The predicted molar refractivity (Wildman–Crippen MR) is 144 cm³/mol. The van der Waals surface area contributed by atoms with Gasteiger partial charge < -0.3 is 19.5 Å². The van der Waals surface area contributed by atoms with Crippen LogP contribution in [0.3, 0.4) is 0 Å². The number of benzene rings is 1. The molecule has 9 nitrogen and oxygen atoms in total. The van der Waals surface area contributed by atoms with Crippen molar-refractivity contribution in [3.63, 3.8) is 0 Å². The number of nitrogens with zero attached hydrogens (tertiary/aromatic N) is 3. The van der Waals surface area contributed by atoms with E-state index in [9.17, 15) is 18.3 Å². The van der Waals surface area contributed by atoms with E-state index in [0.29, 0.717) is 50.0 Å². The molecule has 4 atom stereocenters. The van der Waals surface area contributed by atoms with E-state index < -0.39 is 27.8 Å². The second kappa shape index (κ2) is 11.2. The molecule has 1 N–H and O–H groups in total. The summed E-state index contributed by atoms with van der Waals surface area (Å²) in [6, 6.07) is 5.45. The zero-order chi connectivity index (χ0) is 27.1. The van der Waals surface area contributed by atoms with Crippen molar-refractivity contribution < 1.29 is 27.8 Å². The van der Waals surface area contributed by atoms with Crippen molar-refractivity contribution in [2.24, 2.45) is 5.92 Å². The number of rotatable bonds is 9. The van der Waals surface area contributed by atoms with Crippen LogP contribution in [0, 0.1) is 5.92 Å². The van der Waals surface area contributed by atoms with Crippen molar-refractivity contribution in [3.05, 3.63) is 29.3 Å². The van der Waals surface area contributed by atoms with Crippen LogP contribution < -0.4 is 0 Å². The van der Waals surface area contributed by atoms with Gasteiger partial charge in [0.15, 0.2) is 0 Å². The van der Waals surface area contributed by atoms with Crippen molar-refractivity contribution in [1.82, 2.24) is 14.1 Å². The fourth-order valence-electron chi connectivity index (χ4n) is 6.07. The Morgan fingerprint density at radius 2 is 1.87 bits per heavy atom. The largest absolute Gasteiger partial charge is 0.441 e. The first-order valence-corrected chi connectivity index (χ1v) is 15.7. The van der Waals surface area contributed by atoms with Gasteiger partial charge in [-0.3, -0.25) is 4.90 Å². The Bertz CT molecular complexity index is 1090. The maximum atomic E-state index is 14.1. The number of carbonyl (C=O) groups excluding carboxylic acids is 1. The van der Waals surface area contributed by atoms with Crippen LogP contribution in [-0.2, 0) is 19.5 Å². The number of β-amino-alcohol motifs (C(OH)–C–C–N with tert-alkyl or cyclic N) is 1. The van der Waals surface area contributed by atoms with Gasteiger partial charge in [-0.1, -0.05) is 31.4 Å². The fourth-order valence-corrected chi connectivity index (χ4v) is 8.05. The molecule has 1 aromatic rings. The Kier molecular flexibility index (Phi) is 8.30. The highest BCUT2D eigenvalue weighted by molar-refractivity contribution is 7.89. The topological polar surface area (TPSA) is 99.6 Å². The highest BCUT2D eigenvalue weighted by Crippen LogP contribution is 2.49. The van der Waals surface area contributed by atoms with E-state index in [1.807, 2.05) is 13.8 Å². The van der Waals surface area contributed by atoms with Crippen molar-refractivity contribution in [3.8, 4) is 0 Å². The maximum Gasteiger partial charge on any atom is 0.410 e. The van der Waals surface area contributed by atoms with Gasteiger partial charge in [0.25, 0.3) is 0 Å². The maximum absolute atomic E-state index is 14.1. The number of aliphatic hydroxyl groups excluding tert-OH is 1. The molecular formula is C27H40ClN3O6S. The molecule has 4 fully saturated rings. The minimum absolute atomic E-state index is 0.0276. The molecule has 4 aliphatic rings. The lowest BCUT2D eigenvalue weighted by Crippen LogP contribution is -2.63. The van der Waals surface area contributed by atoms with E-state index in [0.717, 1.165) is 25.7 Å². The van der Waals surface area contributed by atoms with E-state index >= 15 is 0 Å². The number of amides is 1. The van der Waals surface area contributed by atoms with Crippen molar-refractivity contribution in [1.29, 1.82) is 0 Å². The second-order valence-corrected chi connectivity index (χ2v) is 13.7. The zero-order valence-electron chi connectivity index (χ0n) is 22.3. The summed E-state index contributed by atoms with van der Waals surface area (Å²) in [5.74, 6) is 0.505. The SMILES string of the molecule is CC[C@H]1CN(CCO)[C@H](C)CN1C(=O)OC1([C@H]2COC[C@@H](CC3CC3)N2S(=O)(=O)c2ccc(Cl)cc2)CC1. The molecule has 2 aliphatic carbocycles. The van der Waals surface area contributed by atoms with E-state index in [1.54, 1.807) is 33.5 Å². The molecule has 2 heterocycles. The summed E-state index contributed by atoms with van der Waals surface area (Å²) >= 11 is 6.05. The van der Waals surface area contributed by atoms with Gasteiger partial charge >= 0.3 is 6.09 Å². The third-order valence-corrected chi connectivity index (χ3v) is 10.9. The number of hydrogen-bond donors (Lipinski definition) is 1. The van der Waals surface area contributed by atoms with Crippen LogP contribution in [0.2, 0.25) is 5.02 Å². The zero-order valence-corrected chi connectivity index (χ0v) is 23.9. The summed E-state index contributed by atoms with van der Waals surface area (Å²) in [5, 5.41) is 9.90. The summed E-state index contributed by atoms with van der Waals surface area (Å²) < 4.78 is 42.0. The Morgan fingerprint density at radius 3 is 2.47 bits per heavy atom. The number of morpholine rings is 1. The molecule has 11 heteroatoms. The predicted octanol–water partition coefficient (Wildman–Crippen LogP) is 3.34. The van der Waals surface area contributed by atoms with Crippen LogP contribution in [0.5, 0.6) is 0 Å². The van der Waals surface area contributed by atoms with Gasteiger partial charge in [-0.15, -0.1) is 0 Å². The monoisotopic (exact) mass is 569 g/mol. The smallest absolute Gasteiger partial charge is 0.410 e. The van der Waals surface area contributed by atoms with Crippen LogP contribution in [0.15, 0.2) is 29.2 Å². The van der Waals surface area contributed by atoms with Crippen LogP contribution in [0.25, 0.3) is 0 Å². The molecule has 2 saturated heterocycles. The highest BCUT2D eigenvalue weighted by atomic mass is 35.5. The van der Waals surface area contributed by atoms with Gasteiger partial charge in [0.05, 0.1) is 30.8 Å². The minimum atomic E-state index is -3.88. The third-order valence-electron chi connectivity index (χ3n) is 8.65. The number of aliphatic hydroxyl groups is 1. The molecule has 0 bridgehead atoms. The van der Waals surface area contributed by atoms with E-state index in [-0.39, 0.29) is 36.2 Å². The average molecular weight is 570 g/mol. The van der Waals surface area contributed by atoms with Crippen LogP contribution >= 0.6 is 11.6 Å². The quantitative estimate of drug-likeness (QED) is 0.487. The van der Waals surface area contributed by atoms with Crippen molar-refractivity contribution in [2.45, 2.75) is 87.0 Å². The summed E-state index contributed by atoms with van der Waals surface area (Å²) in [4.78, 5) is 17.8. The highest BCUT2D eigenvalue weighted by Gasteiger charge is 2.61. The Labute approximate surface area is 231 Å². The van der Waals surface area contributed by atoms with Gasteiger partial charge in [-0.25, -0.2) is 13.2 Å². The second-order valence-electron chi connectivity index (χ2n) is 11.4. The number of carbonyl (C=O) groups is 1. The molecule has 5 rings (SSSR count). The molecule has 0 radical (unpaired) electrons. The number of hydrogen-bond acceptors (Lipinski definition) is 7. The van der Waals surface area contributed by atoms with Crippen LogP contribution in [-0.4, -0.2) is 103 Å². The lowest BCUT2D eigenvalue weighted by Gasteiger charge is -2.47. The third kappa shape index (κ3) is 5.71. The van der Waals surface area contributed by atoms with Crippen LogP contribution in [0.1, 0.15) is 52.4 Å². The van der Waals surface area contributed by atoms with Gasteiger partial charge in [0, 0.05) is 42.8 Å². The summed E-state index contributed by atoms with van der Waals surface area (Å²) in [6.07, 6.45) is 4.54. The first kappa shape index (κ1) is 28.1. The molecule has 0 unspecified atom stereocenters. The molecule has 212 valence electrons. The molecule has 0 aromatic heterocycles. The molecule has 1 aromatic carbocycles. The summed E-state index contributed by atoms with van der Waals surface area (Å²) in [5.41, 5.74) is -0.900. The normalized spacial score (nSPS) is 30.3. The Hall–Kier alpha value is -1.43. The standard InChI is InChI=1S/C27H40ClN3O6S/c1-3-22-16-29(12-13-32)19(2)15-30(22)26(33)37-27(10-11-27)25-18-36-17-23(14-20-4-5-20)31(25)38(34,35)24-8-6-21(28)7-9-24/h6-9,19-20,22-23,25,32H,3-5,10-18H2,1-2H3/t19-,22+,23-,25-/m1/s1. The molecule has 38 heavy (non-hydrogen) atoms. The fraction of sp³-hybridized carbons (Fsp3) is 0.741. The number of ether oxygens (including phenoxy) is 2.